The molecule has 0 bridgehead atoms. The standard InChI is InChI=1S/C16H22N2O2S/c19-15-3-1-2-12(8-15)10-18(14-4-5-14)16(20)9-13-11-21-7-6-17-13/h1-3,8,13-14,17,19H,4-7,9-11H2. The second kappa shape index (κ2) is 6.71. The number of nitrogens with zero attached hydrogens (tertiary/aromatic N) is 1. The molecule has 1 unspecified atom stereocenters. The summed E-state index contributed by atoms with van der Waals surface area (Å²) in [5.74, 6) is 2.67. The van der Waals surface area contributed by atoms with Crippen LogP contribution in [-0.2, 0) is 11.3 Å². The number of nitrogens with one attached hydrogen (secondary N) is 1. The molecule has 4 nitrogen and oxygen atoms in total. The number of benzene rings is 1. The summed E-state index contributed by atoms with van der Waals surface area (Å²) in [5.41, 5.74) is 1.00. The summed E-state index contributed by atoms with van der Waals surface area (Å²) >= 11 is 1.92. The van der Waals surface area contributed by atoms with Gasteiger partial charge in [-0.2, -0.15) is 11.8 Å². The Hall–Kier alpha value is -1.20. The van der Waals surface area contributed by atoms with E-state index >= 15 is 0 Å². The minimum atomic E-state index is 0.237. The van der Waals surface area contributed by atoms with Crippen LogP contribution in [0.25, 0.3) is 0 Å². The molecule has 0 spiro atoms. The van der Waals surface area contributed by atoms with Gasteiger partial charge in [0.1, 0.15) is 5.75 Å². The van der Waals surface area contributed by atoms with Crippen molar-refractivity contribution < 1.29 is 9.90 Å². The van der Waals surface area contributed by atoms with Crippen molar-refractivity contribution in [1.82, 2.24) is 10.2 Å². The lowest BCUT2D eigenvalue weighted by Crippen LogP contribution is -2.43. The van der Waals surface area contributed by atoms with Crippen LogP contribution in [0.15, 0.2) is 24.3 Å². The van der Waals surface area contributed by atoms with E-state index in [0.717, 1.165) is 36.5 Å². The van der Waals surface area contributed by atoms with E-state index in [1.807, 2.05) is 28.8 Å². The molecule has 1 atom stereocenters. The molecule has 1 aliphatic heterocycles. The van der Waals surface area contributed by atoms with Gasteiger partial charge in [-0.3, -0.25) is 4.79 Å². The van der Waals surface area contributed by atoms with E-state index in [-0.39, 0.29) is 11.7 Å². The van der Waals surface area contributed by atoms with Crippen LogP contribution in [0.5, 0.6) is 5.75 Å². The quantitative estimate of drug-likeness (QED) is 0.873. The molecule has 1 aliphatic carbocycles. The third kappa shape index (κ3) is 4.14. The molecule has 1 heterocycles. The Labute approximate surface area is 129 Å². The Morgan fingerprint density at radius 2 is 2.29 bits per heavy atom. The third-order valence-electron chi connectivity index (χ3n) is 3.99. The number of rotatable bonds is 5. The zero-order chi connectivity index (χ0) is 14.7. The number of phenols is 1. The van der Waals surface area contributed by atoms with Gasteiger partial charge in [-0.15, -0.1) is 0 Å². The van der Waals surface area contributed by atoms with Crippen LogP contribution in [0.1, 0.15) is 24.8 Å². The van der Waals surface area contributed by atoms with Crippen LogP contribution >= 0.6 is 11.8 Å². The molecule has 0 aromatic heterocycles. The molecule has 1 saturated heterocycles. The van der Waals surface area contributed by atoms with Gasteiger partial charge in [-0.05, 0) is 30.5 Å². The predicted octanol–water partition coefficient (Wildman–Crippen LogP) is 1.98. The molecule has 5 heteroatoms. The number of carbonyl (C=O) groups excluding carboxylic acids is 1. The topological polar surface area (TPSA) is 52.6 Å². The molecule has 114 valence electrons. The normalized spacial score (nSPS) is 22.0. The highest BCUT2D eigenvalue weighted by Crippen LogP contribution is 2.30. The summed E-state index contributed by atoms with van der Waals surface area (Å²) in [6.07, 6.45) is 2.80. The van der Waals surface area contributed by atoms with E-state index in [2.05, 4.69) is 5.32 Å². The Bertz CT molecular complexity index is 499. The monoisotopic (exact) mass is 306 g/mol. The van der Waals surface area contributed by atoms with Gasteiger partial charge in [0.15, 0.2) is 0 Å². The zero-order valence-corrected chi connectivity index (χ0v) is 12.9. The minimum absolute atomic E-state index is 0.237. The largest absolute Gasteiger partial charge is 0.508 e. The SMILES string of the molecule is O=C(CC1CSCCN1)N(Cc1cccc(O)c1)C1CC1. The fourth-order valence-corrected chi connectivity index (χ4v) is 3.69. The highest BCUT2D eigenvalue weighted by molar-refractivity contribution is 7.99. The summed E-state index contributed by atoms with van der Waals surface area (Å²) < 4.78 is 0. The maximum Gasteiger partial charge on any atom is 0.224 e. The molecule has 1 saturated carbocycles. The van der Waals surface area contributed by atoms with Crippen molar-refractivity contribution in [3.63, 3.8) is 0 Å². The predicted molar refractivity (Wildman–Crippen MR) is 85.4 cm³/mol. The molecule has 1 amide bonds. The summed E-state index contributed by atoms with van der Waals surface area (Å²) in [7, 11) is 0. The Balaban J connectivity index is 1.62. The number of hydrogen-bond acceptors (Lipinski definition) is 4. The number of phenolic OH excluding ortho intramolecular Hbond substituents is 1. The molecule has 2 fully saturated rings. The number of amides is 1. The lowest BCUT2D eigenvalue weighted by atomic mass is 10.1. The van der Waals surface area contributed by atoms with Crippen LogP contribution in [0, 0.1) is 0 Å². The molecule has 2 aliphatic rings. The number of carbonyl (C=O) groups is 1. The van der Waals surface area contributed by atoms with E-state index < -0.39 is 0 Å². The van der Waals surface area contributed by atoms with Gasteiger partial charge < -0.3 is 15.3 Å². The second-order valence-corrected chi connectivity index (χ2v) is 7.00. The average Bonchev–Trinajstić information content (AvgIpc) is 3.30. The zero-order valence-electron chi connectivity index (χ0n) is 12.1. The fraction of sp³-hybridized carbons (Fsp3) is 0.562. The van der Waals surface area contributed by atoms with Crippen LogP contribution in [0.2, 0.25) is 0 Å². The van der Waals surface area contributed by atoms with Crippen LogP contribution in [-0.4, -0.2) is 46.0 Å². The van der Waals surface area contributed by atoms with E-state index in [4.69, 9.17) is 0 Å². The molecule has 0 radical (unpaired) electrons. The highest BCUT2D eigenvalue weighted by atomic mass is 32.2. The molecule has 1 aromatic rings. The molecular weight excluding hydrogens is 284 g/mol. The maximum absolute atomic E-state index is 12.6. The Kier molecular flexibility index (Phi) is 4.70. The minimum Gasteiger partial charge on any atom is -0.508 e. The van der Waals surface area contributed by atoms with E-state index in [1.165, 1.54) is 0 Å². The first-order valence-corrected chi connectivity index (χ1v) is 8.76. The van der Waals surface area contributed by atoms with Gasteiger partial charge in [0.25, 0.3) is 0 Å². The van der Waals surface area contributed by atoms with Gasteiger partial charge in [-0.1, -0.05) is 12.1 Å². The molecule has 21 heavy (non-hydrogen) atoms. The van der Waals surface area contributed by atoms with Crippen molar-refractivity contribution in [3.05, 3.63) is 29.8 Å². The van der Waals surface area contributed by atoms with Crippen molar-refractivity contribution in [2.24, 2.45) is 0 Å². The summed E-state index contributed by atoms with van der Waals surface area (Å²) in [5, 5.41) is 13.0. The lowest BCUT2D eigenvalue weighted by molar-refractivity contribution is -0.132. The van der Waals surface area contributed by atoms with Crippen molar-refractivity contribution in [3.8, 4) is 5.75 Å². The average molecular weight is 306 g/mol. The summed E-state index contributed by atoms with van der Waals surface area (Å²) in [4.78, 5) is 14.6. The number of aromatic hydroxyl groups is 1. The van der Waals surface area contributed by atoms with Crippen LogP contribution in [0.4, 0.5) is 0 Å². The van der Waals surface area contributed by atoms with Crippen molar-refractivity contribution >= 4 is 17.7 Å². The van der Waals surface area contributed by atoms with Crippen molar-refractivity contribution in [2.45, 2.75) is 37.9 Å². The van der Waals surface area contributed by atoms with Crippen molar-refractivity contribution in [1.29, 1.82) is 0 Å². The lowest BCUT2D eigenvalue weighted by Gasteiger charge is -2.27. The highest BCUT2D eigenvalue weighted by Gasteiger charge is 2.33. The van der Waals surface area contributed by atoms with Gasteiger partial charge in [-0.25, -0.2) is 0 Å². The van der Waals surface area contributed by atoms with Gasteiger partial charge in [0.2, 0.25) is 5.91 Å². The number of thioether (sulfide) groups is 1. The smallest absolute Gasteiger partial charge is 0.224 e. The van der Waals surface area contributed by atoms with Gasteiger partial charge >= 0.3 is 0 Å². The van der Waals surface area contributed by atoms with Gasteiger partial charge in [0.05, 0.1) is 0 Å². The summed E-state index contributed by atoms with van der Waals surface area (Å²) in [6, 6.07) is 7.92. The second-order valence-electron chi connectivity index (χ2n) is 5.85. The summed E-state index contributed by atoms with van der Waals surface area (Å²) in [6.45, 7) is 1.61. The molecule has 2 N–H and O–H groups in total. The first kappa shape index (κ1) is 14.7. The first-order chi connectivity index (χ1) is 10.2. The van der Waals surface area contributed by atoms with Gasteiger partial charge in [0, 0.05) is 43.1 Å². The number of hydrogen-bond donors (Lipinski definition) is 2. The first-order valence-electron chi connectivity index (χ1n) is 7.61. The van der Waals surface area contributed by atoms with Crippen molar-refractivity contribution in [2.75, 3.05) is 18.1 Å². The molecule has 1 aromatic carbocycles. The van der Waals surface area contributed by atoms with Crippen LogP contribution < -0.4 is 5.32 Å². The van der Waals surface area contributed by atoms with E-state index in [0.29, 0.717) is 25.0 Å². The van der Waals surface area contributed by atoms with E-state index in [1.54, 1.807) is 12.1 Å². The fourth-order valence-electron chi connectivity index (χ4n) is 2.74. The maximum atomic E-state index is 12.6. The van der Waals surface area contributed by atoms with Crippen LogP contribution in [0.3, 0.4) is 0 Å². The van der Waals surface area contributed by atoms with E-state index in [9.17, 15) is 9.90 Å². The Morgan fingerprint density at radius 1 is 1.43 bits per heavy atom. The molecule has 3 rings (SSSR count). The third-order valence-corrected chi connectivity index (χ3v) is 5.12. The Morgan fingerprint density at radius 3 is 2.95 bits per heavy atom. The molecular formula is C16H22N2O2S.